The molecular weight excluding hydrogens is 314 g/mol. The average molecular weight is 339 g/mol. The van der Waals surface area contributed by atoms with E-state index in [1.165, 1.54) is 0 Å². The molecule has 1 amide bonds. The summed E-state index contributed by atoms with van der Waals surface area (Å²) in [6.45, 7) is 4.71. The molecule has 5 nitrogen and oxygen atoms in total. The molecule has 1 aromatic rings. The fourth-order valence-corrected chi connectivity index (χ4v) is 4.16. The van der Waals surface area contributed by atoms with Crippen molar-refractivity contribution in [2.24, 2.45) is 0 Å². The van der Waals surface area contributed by atoms with Crippen LogP contribution in [0.4, 0.5) is 0 Å². The zero-order valence-electron chi connectivity index (χ0n) is 13.8. The predicted octanol–water partition coefficient (Wildman–Crippen LogP) is 1.67. The Morgan fingerprint density at radius 3 is 2.39 bits per heavy atom. The maximum atomic E-state index is 12.2. The first kappa shape index (κ1) is 17.9. The van der Waals surface area contributed by atoms with E-state index in [0.717, 1.165) is 5.56 Å². The van der Waals surface area contributed by atoms with Gasteiger partial charge in [-0.15, -0.1) is 0 Å². The number of rotatable bonds is 6. The van der Waals surface area contributed by atoms with Crippen LogP contribution in [-0.4, -0.2) is 56.0 Å². The Hall–Kier alpha value is -1.40. The van der Waals surface area contributed by atoms with Crippen molar-refractivity contribution in [3.63, 3.8) is 0 Å². The molecule has 0 saturated carbocycles. The van der Waals surface area contributed by atoms with Crippen LogP contribution in [0.1, 0.15) is 25.8 Å². The highest BCUT2D eigenvalue weighted by Crippen LogP contribution is 2.12. The van der Waals surface area contributed by atoms with Crippen molar-refractivity contribution in [3.05, 3.63) is 35.9 Å². The second-order valence-corrected chi connectivity index (χ2v) is 8.42. The number of morpholine rings is 1. The van der Waals surface area contributed by atoms with Gasteiger partial charge in [0.15, 0.2) is 9.84 Å². The lowest BCUT2D eigenvalue weighted by Crippen LogP contribution is -2.49. The third-order valence-electron chi connectivity index (χ3n) is 3.88. The molecule has 1 saturated heterocycles. The third-order valence-corrected chi connectivity index (χ3v) is 5.48. The van der Waals surface area contributed by atoms with Gasteiger partial charge in [-0.2, -0.15) is 0 Å². The van der Waals surface area contributed by atoms with E-state index in [1.807, 2.05) is 44.2 Å². The van der Waals surface area contributed by atoms with Crippen molar-refractivity contribution in [1.29, 1.82) is 0 Å². The van der Waals surface area contributed by atoms with E-state index in [1.54, 1.807) is 4.90 Å². The topological polar surface area (TPSA) is 63.7 Å². The van der Waals surface area contributed by atoms with Crippen molar-refractivity contribution in [2.75, 3.05) is 24.6 Å². The molecule has 128 valence electrons. The predicted molar refractivity (Wildman–Crippen MR) is 90.0 cm³/mol. The molecule has 2 rings (SSSR count). The Labute approximate surface area is 138 Å². The van der Waals surface area contributed by atoms with Gasteiger partial charge in [-0.1, -0.05) is 30.3 Å². The van der Waals surface area contributed by atoms with Gasteiger partial charge in [0.25, 0.3) is 0 Å². The first-order valence-corrected chi connectivity index (χ1v) is 9.85. The van der Waals surface area contributed by atoms with Crippen molar-refractivity contribution >= 4 is 15.7 Å². The van der Waals surface area contributed by atoms with Crippen LogP contribution in [-0.2, 0) is 25.8 Å². The van der Waals surface area contributed by atoms with E-state index >= 15 is 0 Å². The number of sulfone groups is 1. The molecule has 1 fully saturated rings. The van der Waals surface area contributed by atoms with Crippen LogP contribution in [0.2, 0.25) is 0 Å². The summed E-state index contributed by atoms with van der Waals surface area (Å²) in [5, 5.41) is 0. The van der Waals surface area contributed by atoms with Gasteiger partial charge in [0.05, 0.1) is 18.0 Å². The molecule has 0 spiro atoms. The number of aryl methyl sites for hydroxylation is 1. The van der Waals surface area contributed by atoms with Crippen molar-refractivity contribution in [1.82, 2.24) is 4.90 Å². The number of benzene rings is 1. The molecule has 0 aliphatic carbocycles. The number of carbonyl (C=O) groups is 1. The lowest BCUT2D eigenvalue weighted by molar-refractivity contribution is -0.140. The summed E-state index contributed by atoms with van der Waals surface area (Å²) in [5.74, 6) is -0.670. The highest BCUT2D eigenvalue weighted by molar-refractivity contribution is 7.92. The monoisotopic (exact) mass is 339 g/mol. The first-order chi connectivity index (χ1) is 10.9. The zero-order valence-corrected chi connectivity index (χ0v) is 14.6. The first-order valence-electron chi connectivity index (χ1n) is 8.03. The highest BCUT2D eigenvalue weighted by atomic mass is 32.2. The molecule has 23 heavy (non-hydrogen) atoms. The van der Waals surface area contributed by atoms with Gasteiger partial charge in [0.1, 0.15) is 5.75 Å². The lowest BCUT2D eigenvalue weighted by atomic mass is 10.1. The van der Waals surface area contributed by atoms with Gasteiger partial charge in [-0.3, -0.25) is 4.79 Å². The van der Waals surface area contributed by atoms with E-state index in [0.29, 0.717) is 25.9 Å². The minimum Gasteiger partial charge on any atom is -0.372 e. The molecule has 1 aliphatic rings. The van der Waals surface area contributed by atoms with Gasteiger partial charge in [-0.05, 0) is 32.3 Å². The summed E-state index contributed by atoms with van der Waals surface area (Å²) in [6, 6.07) is 9.77. The van der Waals surface area contributed by atoms with Crippen molar-refractivity contribution in [2.45, 2.75) is 38.9 Å². The summed E-state index contributed by atoms with van der Waals surface area (Å²) >= 11 is 0. The summed E-state index contributed by atoms with van der Waals surface area (Å²) in [4.78, 5) is 13.8. The number of ether oxygens (including phenoxy) is 1. The molecule has 1 aromatic carbocycles. The smallest absolute Gasteiger partial charge is 0.237 e. The van der Waals surface area contributed by atoms with Gasteiger partial charge < -0.3 is 9.64 Å². The van der Waals surface area contributed by atoms with Crippen LogP contribution >= 0.6 is 0 Å². The van der Waals surface area contributed by atoms with E-state index in [9.17, 15) is 13.2 Å². The number of hydrogen-bond donors (Lipinski definition) is 0. The lowest BCUT2D eigenvalue weighted by Gasteiger charge is -2.35. The molecular formula is C17H25NO4S. The second-order valence-electron chi connectivity index (χ2n) is 6.24. The Morgan fingerprint density at radius 2 is 1.78 bits per heavy atom. The summed E-state index contributed by atoms with van der Waals surface area (Å²) < 4.78 is 29.9. The van der Waals surface area contributed by atoms with Crippen LogP contribution in [0, 0.1) is 0 Å². The number of amides is 1. The molecule has 0 bridgehead atoms. The van der Waals surface area contributed by atoms with Crippen LogP contribution in [0.25, 0.3) is 0 Å². The van der Waals surface area contributed by atoms with Crippen LogP contribution < -0.4 is 0 Å². The maximum Gasteiger partial charge on any atom is 0.237 e. The Bertz CT molecular complexity index is 605. The van der Waals surface area contributed by atoms with E-state index in [4.69, 9.17) is 4.74 Å². The van der Waals surface area contributed by atoms with Crippen LogP contribution in [0.3, 0.4) is 0 Å². The molecule has 1 aliphatic heterocycles. The van der Waals surface area contributed by atoms with Crippen molar-refractivity contribution < 1.29 is 17.9 Å². The standard InChI is InChI=1S/C17H25NO4S/c1-14-11-18(12-15(2)22-14)17(19)13-23(20,21)10-6-9-16-7-4-3-5-8-16/h3-5,7-8,14-15H,6,9-13H2,1-2H3. The Morgan fingerprint density at radius 1 is 1.17 bits per heavy atom. The summed E-state index contributed by atoms with van der Waals surface area (Å²) in [7, 11) is -3.37. The van der Waals surface area contributed by atoms with E-state index in [-0.39, 0.29) is 23.9 Å². The number of hydrogen-bond acceptors (Lipinski definition) is 4. The van der Waals surface area contributed by atoms with Crippen molar-refractivity contribution in [3.8, 4) is 0 Å². The molecule has 0 N–H and O–H groups in total. The maximum absolute atomic E-state index is 12.2. The minimum atomic E-state index is -3.37. The third kappa shape index (κ3) is 5.95. The normalized spacial score (nSPS) is 22.1. The minimum absolute atomic E-state index is 0.0447. The van der Waals surface area contributed by atoms with Gasteiger partial charge in [0, 0.05) is 13.1 Å². The average Bonchev–Trinajstić information content (AvgIpc) is 2.46. The van der Waals surface area contributed by atoms with Crippen LogP contribution in [0.5, 0.6) is 0 Å². The summed E-state index contributed by atoms with van der Waals surface area (Å²) in [5.41, 5.74) is 1.12. The molecule has 2 unspecified atom stereocenters. The van der Waals surface area contributed by atoms with Gasteiger partial charge >= 0.3 is 0 Å². The number of nitrogens with zero attached hydrogens (tertiary/aromatic N) is 1. The molecule has 0 aromatic heterocycles. The second kappa shape index (κ2) is 7.93. The quantitative estimate of drug-likeness (QED) is 0.791. The van der Waals surface area contributed by atoms with Gasteiger partial charge in [-0.25, -0.2) is 8.42 Å². The molecule has 2 atom stereocenters. The zero-order chi connectivity index (χ0) is 16.9. The fourth-order valence-electron chi connectivity index (χ4n) is 2.87. The summed E-state index contributed by atoms with van der Waals surface area (Å²) in [6.07, 6.45) is 1.14. The molecule has 0 radical (unpaired) electrons. The largest absolute Gasteiger partial charge is 0.372 e. The Balaban J connectivity index is 1.81. The van der Waals surface area contributed by atoms with E-state index in [2.05, 4.69) is 0 Å². The number of carbonyl (C=O) groups excluding carboxylic acids is 1. The Kier molecular flexibility index (Phi) is 6.18. The fraction of sp³-hybridized carbons (Fsp3) is 0.588. The van der Waals surface area contributed by atoms with E-state index < -0.39 is 15.6 Å². The highest BCUT2D eigenvalue weighted by Gasteiger charge is 2.28. The van der Waals surface area contributed by atoms with Crippen LogP contribution in [0.15, 0.2) is 30.3 Å². The van der Waals surface area contributed by atoms with Gasteiger partial charge in [0.2, 0.25) is 5.91 Å². The molecule has 6 heteroatoms. The molecule has 1 heterocycles. The SMILES string of the molecule is CC1CN(C(=O)CS(=O)(=O)CCCc2ccccc2)CC(C)O1.